The van der Waals surface area contributed by atoms with E-state index in [9.17, 15) is 9.59 Å². The van der Waals surface area contributed by atoms with Gasteiger partial charge >= 0.3 is 0 Å². The van der Waals surface area contributed by atoms with Crippen molar-refractivity contribution in [3.8, 4) is 5.75 Å². The topological polar surface area (TPSA) is 49.9 Å². The Balaban J connectivity index is 1.89. The maximum absolute atomic E-state index is 12.9. The Morgan fingerprint density at radius 3 is 2.43 bits per heavy atom. The molecule has 2 heterocycles. The summed E-state index contributed by atoms with van der Waals surface area (Å²) in [6.45, 7) is 1.70. The Labute approximate surface area is 137 Å². The van der Waals surface area contributed by atoms with Crippen LogP contribution in [-0.2, 0) is 9.59 Å². The third-order valence-electron chi connectivity index (χ3n) is 5.05. The van der Waals surface area contributed by atoms with Crippen LogP contribution >= 0.6 is 0 Å². The van der Waals surface area contributed by atoms with Gasteiger partial charge in [-0.3, -0.25) is 9.59 Å². The molecule has 0 saturated carbocycles. The lowest BCUT2D eigenvalue weighted by atomic mass is 9.83. The molecule has 1 aromatic rings. The normalized spacial score (nSPS) is 24.9. The average Bonchev–Trinajstić information content (AvgIpc) is 3.11. The molecular formula is C18H24N2O3. The number of likely N-dealkylation sites (tertiary alicyclic amines) is 2. The van der Waals surface area contributed by atoms with E-state index in [0.29, 0.717) is 12.8 Å². The average molecular weight is 316 g/mol. The molecular weight excluding hydrogens is 292 g/mol. The van der Waals surface area contributed by atoms with Gasteiger partial charge in [-0.25, -0.2) is 0 Å². The summed E-state index contributed by atoms with van der Waals surface area (Å²) in [4.78, 5) is 28.8. The highest BCUT2D eigenvalue weighted by Crippen LogP contribution is 2.37. The van der Waals surface area contributed by atoms with Gasteiger partial charge in [0.2, 0.25) is 11.8 Å². The van der Waals surface area contributed by atoms with E-state index in [-0.39, 0.29) is 23.8 Å². The maximum atomic E-state index is 12.9. The summed E-state index contributed by atoms with van der Waals surface area (Å²) in [7, 11) is 3.44. The fourth-order valence-corrected chi connectivity index (χ4v) is 3.73. The van der Waals surface area contributed by atoms with Crippen LogP contribution in [-0.4, -0.2) is 48.9 Å². The fraction of sp³-hybridized carbons (Fsp3) is 0.556. The number of hydrogen-bond donors (Lipinski definition) is 0. The Morgan fingerprint density at radius 1 is 1.17 bits per heavy atom. The summed E-state index contributed by atoms with van der Waals surface area (Å²) in [5.74, 6) is 0.934. The molecule has 5 nitrogen and oxygen atoms in total. The number of nitrogens with zero attached hydrogens (tertiary/aromatic N) is 2. The number of ether oxygens (including phenoxy) is 1. The molecule has 0 aromatic heterocycles. The van der Waals surface area contributed by atoms with Crippen LogP contribution in [0.4, 0.5) is 0 Å². The van der Waals surface area contributed by atoms with Gasteiger partial charge in [-0.15, -0.1) is 0 Å². The quantitative estimate of drug-likeness (QED) is 0.859. The molecule has 0 N–H and O–H groups in total. The smallest absolute Gasteiger partial charge is 0.228 e. The zero-order valence-electron chi connectivity index (χ0n) is 13.8. The van der Waals surface area contributed by atoms with Gasteiger partial charge in [0, 0.05) is 26.6 Å². The van der Waals surface area contributed by atoms with Crippen LogP contribution in [0.15, 0.2) is 24.3 Å². The van der Waals surface area contributed by atoms with Crippen molar-refractivity contribution in [2.75, 3.05) is 27.2 Å². The third kappa shape index (κ3) is 3.05. The van der Waals surface area contributed by atoms with Crippen LogP contribution in [0.2, 0.25) is 0 Å². The first kappa shape index (κ1) is 15.8. The lowest BCUT2D eigenvalue weighted by molar-refractivity contribution is -0.146. The SMILES string of the molecule is COc1ccc(C2C(C(=O)N3CCCC3)CCC(=O)N2C)cc1. The van der Waals surface area contributed by atoms with Crippen molar-refractivity contribution >= 4 is 11.8 Å². The summed E-state index contributed by atoms with van der Waals surface area (Å²) >= 11 is 0. The maximum Gasteiger partial charge on any atom is 0.228 e. The number of carbonyl (C=O) groups excluding carboxylic acids is 2. The molecule has 0 aliphatic carbocycles. The second kappa shape index (κ2) is 6.60. The molecule has 2 unspecified atom stereocenters. The molecule has 0 radical (unpaired) electrons. The highest BCUT2D eigenvalue weighted by atomic mass is 16.5. The standard InChI is InChI=1S/C18H24N2O3/c1-19-16(21)10-9-15(18(22)20-11-3-4-12-20)17(19)13-5-7-14(23-2)8-6-13/h5-8,15,17H,3-4,9-12H2,1-2H3. The van der Waals surface area contributed by atoms with E-state index in [0.717, 1.165) is 37.2 Å². The van der Waals surface area contributed by atoms with Crippen LogP contribution in [0.5, 0.6) is 5.75 Å². The second-order valence-corrected chi connectivity index (χ2v) is 6.40. The Bertz CT molecular complexity index is 578. The Hall–Kier alpha value is -2.04. The summed E-state index contributed by atoms with van der Waals surface area (Å²) in [6.07, 6.45) is 3.25. The van der Waals surface area contributed by atoms with E-state index in [2.05, 4.69) is 0 Å². The zero-order valence-corrected chi connectivity index (χ0v) is 13.8. The number of hydrogen-bond acceptors (Lipinski definition) is 3. The zero-order chi connectivity index (χ0) is 16.4. The summed E-state index contributed by atoms with van der Waals surface area (Å²) in [5, 5.41) is 0. The van der Waals surface area contributed by atoms with Crippen LogP contribution in [0.25, 0.3) is 0 Å². The molecule has 2 aliphatic rings. The van der Waals surface area contributed by atoms with Gasteiger partial charge in [0.25, 0.3) is 0 Å². The van der Waals surface area contributed by atoms with Gasteiger partial charge in [0.15, 0.2) is 0 Å². The lowest BCUT2D eigenvalue weighted by Crippen LogP contribution is -2.47. The van der Waals surface area contributed by atoms with Gasteiger partial charge < -0.3 is 14.5 Å². The minimum atomic E-state index is -0.185. The van der Waals surface area contributed by atoms with E-state index in [1.807, 2.05) is 29.2 Å². The molecule has 5 heteroatoms. The molecule has 2 aliphatic heterocycles. The summed E-state index contributed by atoms with van der Waals surface area (Å²) in [5.41, 5.74) is 0.999. The third-order valence-corrected chi connectivity index (χ3v) is 5.05. The predicted molar refractivity (Wildman–Crippen MR) is 87.0 cm³/mol. The molecule has 2 amide bonds. The Morgan fingerprint density at radius 2 is 1.83 bits per heavy atom. The van der Waals surface area contributed by atoms with Crippen molar-refractivity contribution in [3.05, 3.63) is 29.8 Å². The largest absolute Gasteiger partial charge is 0.497 e. The fourth-order valence-electron chi connectivity index (χ4n) is 3.73. The number of carbonyl (C=O) groups is 2. The van der Waals surface area contributed by atoms with Crippen molar-refractivity contribution in [2.24, 2.45) is 5.92 Å². The minimum Gasteiger partial charge on any atom is -0.497 e. The molecule has 1 aromatic carbocycles. The highest BCUT2D eigenvalue weighted by Gasteiger charge is 2.40. The minimum absolute atomic E-state index is 0.108. The molecule has 2 fully saturated rings. The molecule has 3 rings (SSSR count). The number of benzene rings is 1. The lowest BCUT2D eigenvalue weighted by Gasteiger charge is -2.40. The van der Waals surface area contributed by atoms with Gasteiger partial charge in [0.05, 0.1) is 19.1 Å². The van der Waals surface area contributed by atoms with Gasteiger partial charge in [-0.1, -0.05) is 12.1 Å². The van der Waals surface area contributed by atoms with E-state index >= 15 is 0 Å². The van der Waals surface area contributed by atoms with Crippen LogP contribution in [0.3, 0.4) is 0 Å². The number of piperidine rings is 1. The first-order valence-corrected chi connectivity index (χ1v) is 8.30. The number of rotatable bonds is 3. The second-order valence-electron chi connectivity index (χ2n) is 6.40. The van der Waals surface area contributed by atoms with Crippen LogP contribution in [0, 0.1) is 5.92 Å². The molecule has 2 saturated heterocycles. The molecule has 23 heavy (non-hydrogen) atoms. The molecule has 0 bridgehead atoms. The van der Waals surface area contributed by atoms with Crippen molar-refractivity contribution in [1.29, 1.82) is 0 Å². The van der Waals surface area contributed by atoms with Gasteiger partial charge in [-0.05, 0) is 37.0 Å². The molecule has 124 valence electrons. The monoisotopic (exact) mass is 316 g/mol. The van der Waals surface area contributed by atoms with Crippen molar-refractivity contribution in [3.63, 3.8) is 0 Å². The van der Waals surface area contributed by atoms with Crippen molar-refractivity contribution in [2.45, 2.75) is 31.7 Å². The van der Waals surface area contributed by atoms with E-state index in [1.165, 1.54) is 0 Å². The molecule has 2 atom stereocenters. The van der Waals surface area contributed by atoms with Gasteiger partial charge in [0.1, 0.15) is 5.75 Å². The summed E-state index contributed by atoms with van der Waals surface area (Å²) < 4.78 is 5.20. The van der Waals surface area contributed by atoms with Crippen molar-refractivity contribution < 1.29 is 14.3 Å². The van der Waals surface area contributed by atoms with E-state index in [4.69, 9.17) is 4.74 Å². The highest BCUT2D eigenvalue weighted by molar-refractivity contribution is 5.85. The summed E-state index contributed by atoms with van der Waals surface area (Å²) in [6, 6.07) is 7.51. The van der Waals surface area contributed by atoms with Crippen LogP contribution in [0.1, 0.15) is 37.3 Å². The van der Waals surface area contributed by atoms with E-state index < -0.39 is 0 Å². The first-order valence-electron chi connectivity index (χ1n) is 8.30. The van der Waals surface area contributed by atoms with Gasteiger partial charge in [-0.2, -0.15) is 0 Å². The number of amides is 2. The Kier molecular flexibility index (Phi) is 4.55. The first-order chi connectivity index (χ1) is 11.1. The van der Waals surface area contributed by atoms with E-state index in [1.54, 1.807) is 19.1 Å². The predicted octanol–water partition coefficient (Wildman–Crippen LogP) is 2.23. The molecule has 0 spiro atoms. The number of methoxy groups -OCH3 is 1. The van der Waals surface area contributed by atoms with Crippen molar-refractivity contribution in [1.82, 2.24) is 9.80 Å². The van der Waals surface area contributed by atoms with Crippen LogP contribution < -0.4 is 4.74 Å².